The summed E-state index contributed by atoms with van der Waals surface area (Å²) in [5, 5.41) is 31.1. The number of carbonyl (C=O) groups excluding carboxylic acids is 1. The van der Waals surface area contributed by atoms with E-state index in [1.54, 1.807) is 20.8 Å². The predicted molar refractivity (Wildman–Crippen MR) is 78.3 cm³/mol. The second kappa shape index (κ2) is 5.09. The van der Waals surface area contributed by atoms with E-state index in [0.717, 1.165) is 0 Å². The Bertz CT molecular complexity index is 674. The van der Waals surface area contributed by atoms with E-state index in [1.807, 2.05) is 0 Å². The third-order valence-electron chi connectivity index (χ3n) is 4.58. The molecule has 7 nitrogen and oxygen atoms in total. The predicted octanol–water partition coefficient (Wildman–Crippen LogP) is 0.978. The first-order valence-electron chi connectivity index (χ1n) is 7.35. The second-order valence-electron chi connectivity index (χ2n) is 6.46. The standard InChI is InChI=1S/C16H20O7/c1-6-12(21-4)10-8(14(18)23-15(10)19)9-11(17)7(16(2,3)20)5-22-13(6)9/h7,11,14,17-18,20H,5H2,1-4H3/t7-,11-,14+/m0/s1. The van der Waals surface area contributed by atoms with Gasteiger partial charge in [0.2, 0.25) is 6.29 Å². The monoisotopic (exact) mass is 324 g/mol. The molecule has 2 aliphatic heterocycles. The molecule has 0 bridgehead atoms. The van der Waals surface area contributed by atoms with Crippen LogP contribution in [0.25, 0.3) is 0 Å². The maximum atomic E-state index is 12.0. The molecule has 0 amide bonds. The van der Waals surface area contributed by atoms with E-state index < -0.39 is 29.9 Å². The fourth-order valence-corrected chi connectivity index (χ4v) is 3.34. The van der Waals surface area contributed by atoms with E-state index in [1.165, 1.54) is 7.11 Å². The lowest BCUT2D eigenvalue weighted by Gasteiger charge is -2.39. The van der Waals surface area contributed by atoms with Gasteiger partial charge in [-0.05, 0) is 20.8 Å². The number of benzene rings is 1. The summed E-state index contributed by atoms with van der Waals surface area (Å²) in [7, 11) is 1.41. The number of esters is 1. The quantitative estimate of drug-likeness (QED) is 0.696. The minimum absolute atomic E-state index is 0.0929. The Morgan fingerprint density at radius 3 is 2.48 bits per heavy atom. The van der Waals surface area contributed by atoms with Gasteiger partial charge in [-0.3, -0.25) is 0 Å². The van der Waals surface area contributed by atoms with Gasteiger partial charge < -0.3 is 29.5 Å². The van der Waals surface area contributed by atoms with E-state index in [0.29, 0.717) is 11.3 Å². The Morgan fingerprint density at radius 1 is 1.26 bits per heavy atom. The zero-order valence-electron chi connectivity index (χ0n) is 13.4. The van der Waals surface area contributed by atoms with Gasteiger partial charge in [-0.1, -0.05) is 0 Å². The highest BCUT2D eigenvalue weighted by molar-refractivity contribution is 5.98. The van der Waals surface area contributed by atoms with Crippen molar-refractivity contribution in [2.45, 2.75) is 38.8 Å². The number of aliphatic hydroxyl groups excluding tert-OH is 2. The summed E-state index contributed by atoms with van der Waals surface area (Å²) >= 11 is 0. The zero-order chi connectivity index (χ0) is 17.1. The van der Waals surface area contributed by atoms with Crippen molar-refractivity contribution >= 4 is 5.97 Å². The highest BCUT2D eigenvalue weighted by atomic mass is 16.6. The zero-order valence-corrected chi connectivity index (χ0v) is 13.4. The normalized spacial score (nSPS) is 26.2. The van der Waals surface area contributed by atoms with Crippen LogP contribution in [-0.2, 0) is 4.74 Å². The molecule has 1 aromatic carbocycles. The van der Waals surface area contributed by atoms with Gasteiger partial charge in [-0.25, -0.2) is 4.79 Å². The Balaban J connectivity index is 2.28. The van der Waals surface area contributed by atoms with Gasteiger partial charge in [0.05, 0.1) is 31.3 Å². The van der Waals surface area contributed by atoms with Crippen molar-refractivity contribution in [1.82, 2.24) is 0 Å². The molecule has 0 saturated heterocycles. The molecule has 2 aliphatic rings. The molecule has 0 spiro atoms. The van der Waals surface area contributed by atoms with Crippen LogP contribution in [0.4, 0.5) is 0 Å². The summed E-state index contributed by atoms with van der Waals surface area (Å²) in [5.41, 5.74) is -0.147. The van der Waals surface area contributed by atoms with Gasteiger partial charge in [-0.2, -0.15) is 0 Å². The smallest absolute Gasteiger partial charge is 0.345 e. The summed E-state index contributed by atoms with van der Waals surface area (Å²) in [4.78, 5) is 12.0. The molecule has 126 valence electrons. The molecule has 23 heavy (non-hydrogen) atoms. The molecule has 0 fully saturated rings. The molecule has 3 rings (SSSR count). The average Bonchev–Trinajstić information content (AvgIpc) is 2.73. The second-order valence-corrected chi connectivity index (χ2v) is 6.46. The number of hydrogen-bond acceptors (Lipinski definition) is 7. The number of methoxy groups -OCH3 is 1. The van der Waals surface area contributed by atoms with Crippen molar-refractivity contribution in [3.63, 3.8) is 0 Å². The molecule has 0 aromatic heterocycles. The van der Waals surface area contributed by atoms with E-state index in [9.17, 15) is 20.1 Å². The molecule has 3 N–H and O–H groups in total. The van der Waals surface area contributed by atoms with Gasteiger partial charge in [0.25, 0.3) is 0 Å². The Morgan fingerprint density at radius 2 is 1.91 bits per heavy atom. The molecule has 0 saturated carbocycles. The minimum Gasteiger partial charge on any atom is -0.495 e. The highest BCUT2D eigenvalue weighted by Crippen LogP contribution is 2.51. The maximum Gasteiger partial charge on any atom is 0.345 e. The largest absolute Gasteiger partial charge is 0.495 e. The lowest BCUT2D eigenvalue weighted by Crippen LogP contribution is -2.42. The van der Waals surface area contributed by atoms with Crippen LogP contribution in [0.5, 0.6) is 11.5 Å². The van der Waals surface area contributed by atoms with Gasteiger partial charge in [0.15, 0.2) is 0 Å². The lowest BCUT2D eigenvalue weighted by atomic mass is 9.79. The average molecular weight is 324 g/mol. The van der Waals surface area contributed by atoms with Crippen molar-refractivity contribution in [3.05, 3.63) is 22.3 Å². The lowest BCUT2D eigenvalue weighted by molar-refractivity contribution is -0.0826. The van der Waals surface area contributed by atoms with Crippen LogP contribution in [0.2, 0.25) is 0 Å². The first-order chi connectivity index (χ1) is 10.7. The summed E-state index contributed by atoms with van der Waals surface area (Å²) in [6, 6.07) is 0. The molecule has 2 heterocycles. The third kappa shape index (κ3) is 2.19. The maximum absolute atomic E-state index is 12.0. The molecule has 0 unspecified atom stereocenters. The molecular formula is C16H20O7. The van der Waals surface area contributed by atoms with Gasteiger partial charge in [0.1, 0.15) is 17.1 Å². The molecule has 0 radical (unpaired) electrons. The van der Waals surface area contributed by atoms with Crippen molar-refractivity contribution in [1.29, 1.82) is 0 Å². The van der Waals surface area contributed by atoms with E-state index >= 15 is 0 Å². The summed E-state index contributed by atoms with van der Waals surface area (Å²) in [6.07, 6.45) is -2.61. The van der Waals surface area contributed by atoms with Crippen molar-refractivity contribution in [2.75, 3.05) is 13.7 Å². The Kier molecular flexibility index (Phi) is 3.55. The van der Waals surface area contributed by atoms with Crippen molar-refractivity contribution in [2.24, 2.45) is 5.92 Å². The highest BCUT2D eigenvalue weighted by Gasteiger charge is 2.47. The molecule has 3 atom stereocenters. The van der Waals surface area contributed by atoms with Crippen molar-refractivity contribution < 1.29 is 34.3 Å². The van der Waals surface area contributed by atoms with E-state index in [2.05, 4.69) is 0 Å². The molecule has 1 aromatic rings. The number of hydrogen-bond donors (Lipinski definition) is 3. The number of aliphatic hydroxyl groups is 3. The van der Waals surface area contributed by atoms with Crippen LogP contribution < -0.4 is 9.47 Å². The van der Waals surface area contributed by atoms with Crippen LogP contribution >= 0.6 is 0 Å². The molecule has 7 heteroatoms. The summed E-state index contributed by atoms with van der Waals surface area (Å²) < 4.78 is 15.9. The van der Waals surface area contributed by atoms with Crippen LogP contribution in [0, 0.1) is 12.8 Å². The first kappa shape index (κ1) is 16.0. The van der Waals surface area contributed by atoms with Gasteiger partial charge >= 0.3 is 5.97 Å². The third-order valence-corrected chi connectivity index (χ3v) is 4.58. The first-order valence-corrected chi connectivity index (χ1v) is 7.35. The Hall–Kier alpha value is -1.83. The van der Waals surface area contributed by atoms with Gasteiger partial charge in [-0.15, -0.1) is 0 Å². The van der Waals surface area contributed by atoms with Crippen molar-refractivity contribution in [3.8, 4) is 11.5 Å². The fraction of sp³-hybridized carbons (Fsp3) is 0.562. The van der Waals surface area contributed by atoms with E-state index in [-0.39, 0.29) is 29.0 Å². The topological polar surface area (TPSA) is 105 Å². The SMILES string of the molecule is COc1c(C)c2c(c3c1C(=O)O[C@H]3O)[C@@H](O)[C@@H](C(C)(C)O)CO2. The molecular weight excluding hydrogens is 304 g/mol. The molecule has 0 aliphatic carbocycles. The summed E-state index contributed by atoms with van der Waals surface area (Å²) in [6.45, 7) is 4.95. The van der Waals surface area contributed by atoms with E-state index in [4.69, 9.17) is 14.2 Å². The van der Waals surface area contributed by atoms with Gasteiger partial charge in [0, 0.05) is 16.7 Å². The minimum atomic E-state index is -1.50. The van der Waals surface area contributed by atoms with Crippen LogP contribution in [-0.4, -0.2) is 40.6 Å². The number of fused-ring (bicyclic) bond motifs is 3. The van der Waals surface area contributed by atoms with Crippen LogP contribution in [0.15, 0.2) is 0 Å². The van der Waals surface area contributed by atoms with Crippen LogP contribution in [0.1, 0.15) is 53.3 Å². The summed E-state index contributed by atoms with van der Waals surface area (Å²) in [5.74, 6) is -0.720. The fourth-order valence-electron chi connectivity index (χ4n) is 3.34. The Labute approximate surface area is 133 Å². The number of carbonyl (C=O) groups is 1. The number of rotatable bonds is 2. The number of ether oxygens (including phenoxy) is 3. The van der Waals surface area contributed by atoms with Crippen LogP contribution in [0.3, 0.4) is 0 Å². The number of cyclic esters (lactones) is 1.